The summed E-state index contributed by atoms with van der Waals surface area (Å²) in [6.07, 6.45) is 5.66. The van der Waals surface area contributed by atoms with Crippen LogP contribution in [0.5, 0.6) is 0 Å². The highest BCUT2D eigenvalue weighted by Crippen LogP contribution is 2.44. The van der Waals surface area contributed by atoms with Gasteiger partial charge in [-0.2, -0.15) is 28.1 Å². The molecule has 4 rings (SSSR count). The van der Waals surface area contributed by atoms with Crippen molar-refractivity contribution >= 4 is 44.5 Å². The van der Waals surface area contributed by atoms with Gasteiger partial charge in [0.2, 0.25) is 0 Å². The summed E-state index contributed by atoms with van der Waals surface area (Å²) in [6.45, 7) is 4.02. The third-order valence-corrected chi connectivity index (χ3v) is 9.87. The van der Waals surface area contributed by atoms with Gasteiger partial charge in [0.25, 0.3) is 0 Å². The highest BCUT2D eigenvalue weighted by atomic mass is 32.1. The SMILES string of the molecule is CC[C@@H]1CCc2c(sc(NC(=O)C(F)(F)C(F)(F)C(=O)Nc3sc4c(c3C#N)CC[C@H](CC)C4)c2C#N)C1. The fourth-order valence-electron chi connectivity index (χ4n) is 5.07. The van der Waals surface area contributed by atoms with E-state index in [-0.39, 0.29) is 21.1 Å². The Kier molecular flexibility index (Phi) is 7.87. The molecule has 0 unspecified atom stereocenters. The number of fused-ring (bicyclic) bond motifs is 2. The lowest BCUT2D eigenvalue weighted by atomic mass is 9.86. The molecule has 2 aliphatic rings. The molecule has 2 amide bonds. The van der Waals surface area contributed by atoms with E-state index in [4.69, 9.17) is 0 Å². The summed E-state index contributed by atoms with van der Waals surface area (Å²) < 4.78 is 59.3. The zero-order valence-electron chi connectivity index (χ0n) is 20.9. The Balaban J connectivity index is 1.54. The van der Waals surface area contributed by atoms with Gasteiger partial charge in [0.05, 0.1) is 11.1 Å². The second-order valence-electron chi connectivity index (χ2n) is 9.73. The first-order chi connectivity index (χ1) is 18.0. The van der Waals surface area contributed by atoms with Crippen molar-refractivity contribution in [2.24, 2.45) is 11.8 Å². The van der Waals surface area contributed by atoms with E-state index in [2.05, 4.69) is 0 Å². The van der Waals surface area contributed by atoms with Crippen LogP contribution in [0.3, 0.4) is 0 Å². The third-order valence-electron chi connectivity index (χ3n) is 7.53. The molecule has 0 aliphatic heterocycles. The van der Waals surface area contributed by atoms with Gasteiger partial charge in [-0.15, -0.1) is 22.7 Å². The van der Waals surface area contributed by atoms with Crippen molar-refractivity contribution in [2.45, 2.75) is 77.1 Å². The number of nitrogens with one attached hydrogen (secondary N) is 2. The molecule has 2 aromatic heterocycles. The number of hydrogen-bond donors (Lipinski definition) is 2. The number of anilines is 2. The average Bonchev–Trinajstić information content (AvgIpc) is 3.43. The van der Waals surface area contributed by atoms with Crippen LogP contribution in [0.4, 0.5) is 27.6 Å². The van der Waals surface area contributed by atoms with Crippen LogP contribution in [0.2, 0.25) is 0 Å². The Morgan fingerprint density at radius 1 is 0.816 bits per heavy atom. The van der Waals surface area contributed by atoms with Gasteiger partial charge in [-0.25, -0.2) is 0 Å². The number of carbonyl (C=O) groups is 2. The molecule has 38 heavy (non-hydrogen) atoms. The Bertz CT molecular complexity index is 1250. The first-order valence-corrected chi connectivity index (χ1v) is 14.1. The second kappa shape index (κ2) is 10.7. The first-order valence-electron chi connectivity index (χ1n) is 12.5. The van der Waals surface area contributed by atoms with E-state index in [1.54, 1.807) is 10.6 Å². The standard InChI is InChI=1S/C26H26F4N4O2S2/c1-3-13-5-7-15-17(11-31)21(37-19(15)9-13)33-23(35)25(27,28)26(29,30)24(36)34-22-18(12-32)16-8-6-14(4-2)10-20(16)38-22/h13-14H,3-10H2,1-2H3,(H,33,35)(H,34,36)/t13-,14+. The molecular weight excluding hydrogens is 540 g/mol. The van der Waals surface area contributed by atoms with E-state index < -0.39 is 23.7 Å². The highest BCUT2D eigenvalue weighted by Gasteiger charge is 2.67. The first kappa shape index (κ1) is 28.1. The van der Waals surface area contributed by atoms with Crippen molar-refractivity contribution in [3.8, 4) is 12.1 Å². The lowest BCUT2D eigenvalue weighted by Crippen LogP contribution is -2.56. The van der Waals surface area contributed by atoms with Crippen LogP contribution < -0.4 is 10.6 Å². The molecular formula is C26H26F4N4O2S2. The van der Waals surface area contributed by atoms with Crippen LogP contribution in [0.15, 0.2) is 0 Å². The molecule has 2 aromatic rings. The highest BCUT2D eigenvalue weighted by molar-refractivity contribution is 7.17. The molecule has 0 radical (unpaired) electrons. The van der Waals surface area contributed by atoms with E-state index in [1.165, 1.54) is 0 Å². The minimum Gasteiger partial charge on any atom is -0.311 e. The number of carbonyl (C=O) groups excluding carboxylic acids is 2. The van der Waals surface area contributed by atoms with Crippen LogP contribution in [-0.2, 0) is 35.3 Å². The molecule has 0 aromatic carbocycles. The monoisotopic (exact) mass is 566 g/mol. The molecule has 0 saturated heterocycles. The number of amides is 2. The summed E-state index contributed by atoms with van der Waals surface area (Å²) in [5, 5.41) is 22.2. The number of hydrogen-bond acceptors (Lipinski definition) is 6. The maximum Gasteiger partial charge on any atom is 0.396 e. The fraction of sp³-hybridized carbons (Fsp3) is 0.538. The van der Waals surface area contributed by atoms with Crippen molar-refractivity contribution in [3.63, 3.8) is 0 Å². The number of rotatable bonds is 7. The van der Waals surface area contributed by atoms with E-state index >= 15 is 0 Å². The molecule has 6 nitrogen and oxygen atoms in total. The molecule has 2 N–H and O–H groups in total. The van der Waals surface area contributed by atoms with Crippen molar-refractivity contribution < 1.29 is 27.2 Å². The number of thiophene rings is 2. The predicted molar refractivity (Wildman–Crippen MR) is 137 cm³/mol. The van der Waals surface area contributed by atoms with E-state index in [0.29, 0.717) is 48.6 Å². The minimum absolute atomic E-state index is 0.00955. The lowest BCUT2D eigenvalue weighted by Gasteiger charge is -2.24. The molecule has 202 valence electrons. The summed E-state index contributed by atoms with van der Waals surface area (Å²) in [7, 11) is 0. The lowest BCUT2D eigenvalue weighted by molar-refractivity contribution is -0.204. The topological polar surface area (TPSA) is 106 Å². The molecule has 0 spiro atoms. The summed E-state index contributed by atoms with van der Waals surface area (Å²) in [6, 6.07) is 3.77. The largest absolute Gasteiger partial charge is 0.396 e. The smallest absolute Gasteiger partial charge is 0.311 e. The van der Waals surface area contributed by atoms with Crippen molar-refractivity contribution in [1.82, 2.24) is 0 Å². The van der Waals surface area contributed by atoms with Gasteiger partial charge in [0.15, 0.2) is 0 Å². The summed E-state index contributed by atoms with van der Waals surface area (Å²) in [5.41, 5.74) is 1.26. The zero-order chi connectivity index (χ0) is 27.8. The number of alkyl halides is 4. The zero-order valence-corrected chi connectivity index (χ0v) is 22.5. The minimum atomic E-state index is -5.42. The molecule has 0 bridgehead atoms. The van der Waals surface area contributed by atoms with Gasteiger partial charge < -0.3 is 10.6 Å². The maximum atomic E-state index is 14.8. The number of halogens is 4. The normalized spacial score (nSPS) is 19.1. The van der Waals surface area contributed by atoms with Crippen LogP contribution in [0.1, 0.15) is 71.5 Å². The predicted octanol–water partition coefficient (Wildman–Crippen LogP) is 6.43. The summed E-state index contributed by atoms with van der Waals surface area (Å²) in [4.78, 5) is 26.4. The Labute approximate surface area is 225 Å². The van der Waals surface area contributed by atoms with Gasteiger partial charge in [-0.05, 0) is 61.5 Å². The molecule has 2 aliphatic carbocycles. The number of nitrogens with zero attached hydrogens (tertiary/aromatic N) is 2. The van der Waals surface area contributed by atoms with Gasteiger partial charge in [0.1, 0.15) is 22.1 Å². The molecule has 2 atom stereocenters. The van der Waals surface area contributed by atoms with Crippen molar-refractivity contribution in [2.75, 3.05) is 10.6 Å². The molecule has 12 heteroatoms. The fourth-order valence-corrected chi connectivity index (χ4v) is 7.68. The van der Waals surface area contributed by atoms with Crippen LogP contribution in [0, 0.1) is 34.5 Å². The summed E-state index contributed by atoms with van der Waals surface area (Å²) in [5.74, 6) is -14.9. The van der Waals surface area contributed by atoms with Crippen LogP contribution in [0.25, 0.3) is 0 Å². The van der Waals surface area contributed by atoms with Gasteiger partial charge in [-0.1, -0.05) is 26.7 Å². The Hall–Kier alpha value is -2.96. The van der Waals surface area contributed by atoms with E-state index in [1.807, 2.05) is 26.0 Å². The number of nitriles is 2. The molecule has 0 saturated carbocycles. The second-order valence-corrected chi connectivity index (χ2v) is 11.9. The molecule has 2 heterocycles. The molecule has 0 fully saturated rings. The maximum absolute atomic E-state index is 14.8. The Morgan fingerprint density at radius 3 is 1.50 bits per heavy atom. The van der Waals surface area contributed by atoms with Crippen LogP contribution in [-0.4, -0.2) is 23.7 Å². The third kappa shape index (κ3) is 4.80. The van der Waals surface area contributed by atoms with Crippen molar-refractivity contribution in [3.05, 3.63) is 32.0 Å². The van der Waals surface area contributed by atoms with Crippen molar-refractivity contribution in [1.29, 1.82) is 10.5 Å². The van der Waals surface area contributed by atoms with Crippen LogP contribution >= 0.6 is 22.7 Å². The Morgan fingerprint density at radius 2 is 1.18 bits per heavy atom. The van der Waals surface area contributed by atoms with E-state index in [0.717, 1.165) is 58.1 Å². The quantitative estimate of drug-likeness (QED) is 0.377. The summed E-state index contributed by atoms with van der Waals surface area (Å²) >= 11 is 1.85. The van der Waals surface area contributed by atoms with Gasteiger partial charge in [0, 0.05) is 9.75 Å². The van der Waals surface area contributed by atoms with Gasteiger partial charge in [-0.3, -0.25) is 9.59 Å². The van der Waals surface area contributed by atoms with E-state index in [9.17, 15) is 37.7 Å². The average molecular weight is 567 g/mol. The van der Waals surface area contributed by atoms with Gasteiger partial charge >= 0.3 is 23.7 Å².